The Balaban J connectivity index is 2.29. The monoisotopic (exact) mass is 224 g/mol. The summed E-state index contributed by atoms with van der Waals surface area (Å²) in [6.07, 6.45) is 11.8. The Morgan fingerprint density at radius 2 is 2.12 bits per heavy atom. The molecule has 1 heterocycles. The Labute approximate surface area is 101 Å². The van der Waals surface area contributed by atoms with E-state index in [1.807, 2.05) is 6.08 Å². The molecule has 2 atom stereocenters. The highest BCUT2D eigenvalue weighted by Gasteiger charge is 2.26. The average molecular weight is 224 g/mol. The lowest BCUT2D eigenvalue weighted by molar-refractivity contribution is -0.0591. The molecule has 1 heteroatoms. The van der Waals surface area contributed by atoms with E-state index in [9.17, 15) is 0 Å². The van der Waals surface area contributed by atoms with E-state index in [1.54, 1.807) is 0 Å². The summed E-state index contributed by atoms with van der Waals surface area (Å²) in [7, 11) is 0. The first-order valence-electron chi connectivity index (χ1n) is 6.80. The maximum Gasteiger partial charge on any atom is 0.0583 e. The van der Waals surface area contributed by atoms with Crippen molar-refractivity contribution in [3.05, 3.63) is 12.7 Å². The normalized spacial score (nSPS) is 26.7. The van der Waals surface area contributed by atoms with E-state index in [2.05, 4.69) is 27.4 Å². The predicted octanol–water partition coefficient (Wildman–Crippen LogP) is 4.72. The summed E-state index contributed by atoms with van der Waals surface area (Å²) in [5, 5.41) is 0. The summed E-state index contributed by atoms with van der Waals surface area (Å²) >= 11 is 0. The van der Waals surface area contributed by atoms with E-state index in [0.29, 0.717) is 17.6 Å². The number of ether oxygens (including phenoxy) is 1. The molecule has 0 bridgehead atoms. The van der Waals surface area contributed by atoms with Crippen LogP contribution in [0.15, 0.2) is 12.7 Å². The highest BCUT2D eigenvalue weighted by molar-refractivity contribution is 4.78. The Morgan fingerprint density at radius 1 is 1.38 bits per heavy atom. The largest absolute Gasteiger partial charge is 0.375 e. The van der Waals surface area contributed by atoms with Crippen molar-refractivity contribution in [3.63, 3.8) is 0 Å². The van der Waals surface area contributed by atoms with Crippen LogP contribution in [0.2, 0.25) is 0 Å². The third-order valence-electron chi connectivity index (χ3n) is 3.60. The lowest BCUT2D eigenvalue weighted by atomic mass is 9.80. The minimum Gasteiger partial charge on any atom is -0.375 e. The Morgan fingerprint density at radius 3 is 2.75 bits per heavy atom. The lowest BCUT2D eigenvalue weighted by Crippen LogP contribution is -2.30. The van der Waals surface area contributed by atoms with E-state index in [1.165, 1.54) is 38.5 Å². The average Bonchev–Trinajstić information content (AvgIpc) is 2.17. The van der Waals surface area contributed by atoms with Gasteiger partial charge in [-0.3, -0.25) is 0 Å². The van der Waals surface area contributed by atoms with Gasteiger partial charge in [-0.05, 0) is 57.3 Å². The van der Waals surface area contributed by atoms with Crippen LogP contribution in [0.3, 0.4) is 0 Å². The minimum atomic E-state index is 0.421. The number of hydrogen-bond acceptors (Lipinski definition) is 1. The van der Waals surface area contributed by atoms with Crippen LogP contribution in [0.5, 0.6) is 0 Å². The predicted molar refractivity (Wildman–Crippen MR) is 70.6 cm³/mol. The molecule has 0 aromatic heterocycles. The molecule has 1 unspecified atom stereocenters. The Hall–Kier alpha value is -0.300. The molecular weight excluding hydrogens is 196 g/mol. The van der Waals surface area contributed by atoms with Crippen molar-refractivity contribution >= 4 is 0 Å². The molecule has 0 spiro atoms. The number of allylic oxidation sites excluding steroid dienone is 1. The van der Waals surface area contributed by atoms with Crippen molar-refractivity contribution in [1.29, 1.82) is 0 Å². The van der Waals surface area contributed by atoms with E-state index in [4.69, 9.17) is 4.74 Å². The Kier molecular flexibility index (Phi) is 5.54. The van der Waals surface area contributed by atoms with Gasteiger partial charge in [-0.15, -0.1) is 6.58 Å². The fourth-order valence-electron chi connectivity index (χ4n) is 2.69. The molecule has 0 aromatic rings. The van der Waals surface area contributed by atoms with Gasteiger partial charge in [0.2, 0.25) is 0 Å². The van der Waals surface area contributed by atoms with Crippen molar-refractivity contribution in [3.8, 4) is 0 Å². The molecule has 1 nitrogen and oxygen atoms in total. The second kappa shape index (κ2) is 6.44. The van der Waals surface area contributed by atoms with Crippen LogP contribution in [0.25, 0.3) is 0 Å². The lowest BCUT2D eigenvalue weighted by Gasteiger charge is -2.34. The summed E-state index contributed by atoms with van der Waals surface area (Å²) < 4.78 is 6.01. The van der Waals surface area contributed by atoms with Crippen LogP contribution in [-0.4, -0.2) is 12.2 Å². The molecular formula is C15H28O. The summed E-state index contributed by atoms with van der Waals surface area (Å²) in [5.74, 6) is 0. The van der Waals surface area contributed by atoms with Crippen molar-refractivity contribution in [2.45, 2.75) is 77.9 Å². The second-order valence-electron chi connectivity index (χ2n) is 6.05. The van der Waals surface area contributed by atoms with E-state index in [0.717, 1.165) is 6.42 Å². The molecule has 16 heavy (non-hydrogen) atoms. The molecule has 1 fully saturated rings. The molecule has 1 aliphatic rings. The molecule has 0 aliphatic carbocycles. The molecule has 1 rings (SSSR count). The zero-order valence-electron chi connectivity index (χ0n) is 11.3. The van der Waals surface area contributed by atoms with Gasteiger partial charge >= 0.3 is 0 Å². The third-order valence-corrected chi connectivity index (χ3v) is 3.60. The Bertz CT molecular complexity index is 207. The first-order valence-corrected chi connectivity index (χ1v) is 6.80. The van der Waals surface area contributed by atoms with Gasteiger partial charge in [0, 0.05) is 0 Å². The number of rotatable bonds is 6. The minimum absolute atomic E-state index is 0.421. The number of hydrogen-bond donors (Lipinski definition) is 0. The summed E-state index contributed by atoms with van der Waals surface area (Å²) in [6.45, 7) is 10.7. The highest BCUT2D eigenvalue weighted by Crippen LogP contribution is 2.33. The van der Waals surface area contributed by atoms with Gasteiger partial charge < -0.3 is 4.74 Å². The van der Waals surface area contributed by atoms with Gasteiger partial charge in [-0.25, -0.2) is 0 Å². The summed E-state index contributed by atoms with van der Waals surface area (Å²) in [4.78, 5) is 0. The van der Waals surface area contributed by atoms with Gasteiger partial charge in [-0.2, -0.15) is 0 Å². The summed E-state index contributed by atoms with van der Waals surface area (Å²) in [5.41, 5.74) is 0.421. The third kappa shape index (κ3) is 5.16. The van der Waals surface area contributed by atoms with Crippen molar-refractivity contribution < 1.29 is 4.74 Å². The van der Waals surface area contributed by atoms with Gasteiger partial charge in [0.15, 0.2) is 0 Å². The van der Waals surface area contributed by atoms with Gasteiger partial charge in [0.25, 0.3) is 0 Å². The molecule has 1 saturated heterocycles. The molecule has 0 aromatic carbocycles. The van der Waals surface area contributed by atoms with Gasteiger partial charge in [0.1, 0.15) is 0 Å². The smallest absolute Gasteiger partial charge is 0.0583 e. The van der Waals surface area contributed by atoms with Crippen LogP contribution in [0.4, 0.5) is 0 Å². The molecule has 1 aliphatic heterocycles. The topological polar surface area (TPSA) is 9.23 Å². The second-order valence-corrected chi connectivity index (χ2v) is 6.05. The maximum absolute atomic E-state index is 6.01. The van der Waals surface area contributed by atoms with Gasteiger partial charge in [0.05, 0.1) is 12.2 Å². The highest BCUT2D eigenvalue weighted by atomic mass is 16.5. The fraction of sp³-hybridized carbons (Fsp3) is 0.867. The molecule has 0 amide bonds. The van der Waals surface area contributed by atoms with Crippen molar-refractivity contribution in [1.82, 2.24) is 0 Å². The van der Waals surface area contributed by atoms with Crippen LogP contribution in [0, 0.1) is 5.41 Å². The van der Waals surface area contributed by atoms with Crippen molar-refractivity contribution in [2.75, 3.05) is 0 Å². The van der Waals surface area contributed by atoms with E-state index >= 15 is 0 Å². The SMILES string of the molecule is C=CCCCC(C)(C)CC1CCC[C@@H](C)O1. The van der Waals surface area contributed by atoms with Crippen LogP contribution in [0.1, 0.15) is 65.7 Å². The van der Waals surface area contributed by atoms with E-state index in [-0.39, 0.29) is 0 Å². The first-order chi connectivity index (χ1) is 7.53. The summed E-state index contributed by atoms with van der Waals surface area (Å²) in [6, 6.07) is 0. The zero-order chi connectivity index (χ0) is 12.0. The zero-order valence-corrected chi connectivity index (χ0v) is 11.3. The van der Waals surface area contributed by atoms with Crippen LogP contribution < -0.4 is 0 Å². The number of unbranched alkanes of at least 4 members (excludes halogenated alkanes) is 1. The van der Waals surface area contributed by atoms with Gasteiger partial charge in [-0.1, -0.05) is 19.9 Å². The fourth-order valence-corrected chi connectivity index (χ4v) is 2.69. The van der Waals surface area contributed by atoms with Crippen molar-refractivity contribution in [2.24, 2.45) is 5.41 Å². The van der Waals surface area contributed by atoms with Crippen LogP contribution in [-0.2, 0) is 4.74 Å². The molecule has 0 radical (unpaired) electrons. The maximum atomic E-state index is 6.01. The van der Waals surface area contributed by atoms with E-state index < -0.39 is 0 Å². The first kappa shape index (κ1) is 13.8. The molecule has 0 saturated carbocycles. The molecule has 94 valence electrons. The van der Waals surface area contributed by atoms with Crippen LogP contribution >= 0.6 is 0 Å². The molecule has 0 N–H and O–H groups in total. The quantitative estimate of drug-likeness (QED) is 0.468. The standard InChI is InChI=1S/C15H28O/c1-5-6-7-11-15(3,4)12-14-10-8-9-13(2)16-14/h5,13-14H,1,6-12H2,2-4H3/t13-,14?/m1/s1.